The molecule has 0 unspecified atom stereocenters. The van der Waals surface area contributed by atoms with E-state index >= 15 is 0 Å². The molecule has 0 fully saturated rings. The van der Waals surface area contributed by atoms with Crippen molar-refractivity contribution in [3.63, 3.8) is 0 Å². The Morgan fingerprint density at radius 3 is 2.53 bits per heavy atom. The van der Waals surface area contributed by atoms with Crippen molar-refractivity contribution in [1.82, 2.24) is 5.32 Å². The van der Waals surface area contributed by atoms with E-state index in [1.165, 1.54) is 5.56 Å². The molecule has 3 rings (SSSR count). The van der Waals surface area contributed by atoms with Gasteiger partial charge >= 0.3 is 0 Å². The van der Waals surface area contributed by atoms with Crippen molar-refractivity contribution in [1.29, 1.82) is 0 Å². The summed E-state index contributed by atoms with van der Waals surface area (Å²) in [6.45, 7) is 3.26. The van der Waals surface area contributed by atoms with Crippen molar-refractivity contribution in [3.05, 3.63) is 88.4 Å². The van der Waals surface area contributed by atoms with Crippen LogP contribution in [0.25, 0.3) is 0 Å². The van der Waals surface area contributed by atoms with Crippen LogP contribution in [0.4, 0.5) is 5.69 Å². The second-order valence-corrected chi connectivity index (χ2v) is 9.04. The van der Waals surface area contributed by atoms with Gasteiger partial charge < -0.3 is 14.8 Å². The fraction of sp³-hybridized carbons (Fsp3) is 0.259. The molecule has 0 aromatic heterocycles. The molecule has 0 saturated heterocycles. The number of benzene rings is 3. The molecule has 1 amide bonds. The SMILES string of the molecule is CCCCOc1ccc(Br)cc1C(=O)NC(=S)Nc1cccc(OCCCc2ccccc2)c1. The van der Waals surface area contributed by atoms with Crippen molar-refractivity contribution in [2.24, 2.45) is 0 Å². The van der Waals surface area contributed by atoms with Gasteiger partial charge in [0.15, 0.2) is 5.11 Å². The predicted octanol–water partition coefficient (Wildman–Crippen LogP) is 6.77. The van der Waals surface area contributed by atoms with Gasteiger partial charge in [0, 0.05) is 16.2 Å². The molecule has 7 heteroatoms. The van der Waals surface area contributed by atoms with Crippen LogP contribution in [0.3, 0.4) is 0 Å². The lowest BCUT2D eigenvalue weighted by Crippen LogP contribution is -2.34. The molecule has 0 aliphatic carbocycles. The van der Waals surface area contributed by atoms with Gasteiger partial charge in [0.25, 0.3) is 5.91 Å². The van der Waals surface area contributed by atoms with Crippen LogP contribution < -0.4 is 20.1 Å². The number of carbonyl (C=O) groups excluding carboxylic acids is 1. The third-order valence-electron chi connectivity index (χ3n) is 4.98. The number of hydrogen-bond acceptors (Lipinski definition) is 4. The molecule has 0 aliphatic heterocycles. The van der Waals surface area contributed by atoms with Crippen LogP contribution in [-0.2, 0) is 6.42 Å². The normalized spacial score (nSPS) is 10.4. The van der Waals surface area contributed by atoms with E-state index in [9.17, 15) is 4.79 Å². The lowest BCUT2D eigenvalue weighted by Gasteiger charge is -2.14. The molecule has 0 bridgehead atoms. The van der Waals surface area contributed by atoms with E-state index in [1.807, 2.05) is 48.5 Å². The lowest BCUT2D eigenvalue weighted by molar-refractivity contribution is 0.0973. The zero-order chi connectivity index (χ0) is 24.2. The molecule has 3 aromatic carbocycles. The number of anilines is 1. The summed E-state index contributed by atoms with van der Waals surface area (Å²) in [6, 6.07) is 23.2. The first-order valence-corrected chi connectivity index (χ1v) is 12.6. The summed E-state index contributed by atoms with van der Waals surface area (Å²) in [4.78, 5) is 12.8. The van der Waals surface area contributed by atoms with Crippen LogP contribution >= 0.6 is 28.1 Å². The van der Waals surface area contributed by atoms with Crippen molar-refractivity contribution < 1.29 is 14.3 Å². The number of carbonyl (C=O) groups is 1. The molecule has 178 valence electrons. The van der Waals surface area contributed by atoms with Gasteiger partial charge in [-0.1, -0.05) is 65.7 Å². The Kier molecular flexibility index (Phi) is 10.4. The largest absolute Gasteiger partial charge is 0.494 e. The zero-order valence-electron chi connectivity index (χ0n) is 19.2. The monoisotopic (exact) mass is 540 g/mol. The van der Waals surface area contributed by atoms with Crippen molar-refractivity contribution in [2.75, 3.05) is 18.5 Å². The molecule has 0 heterocycles. The van der Waals surface area contributed by atoms with Crippen LogP contribution in [0.15, 0.2) is 77.3 Å². The van der Waals surface area contributed by atoms with Gasteiger partial charge in [-0.25, -0.2) is 0 Å². The van der Waals surface area contributed by atoms with Crippen molar-refractivity contribution >= 4 is 44.9 Å². The third kappa shape index (κ3) is 8.47. The standard InChI is InChI=1S/C27H29BrN2O3S/c1-2-3-16-33-25-15-14-21(28)18-24(25)26(31)30-27(34)29-22-12-7-13-23(19-22)32-17-8-11-20-9-5-4-6-10-20/h4-7,9-10,12-15,18-19H,2-3,8,11,16-17H2,1H3,(H2,29,30,31,34). The first-order chi connectivity index (χ1) is 16.5. The minimum absolute atomic E-state index is 0.200. The van der Waals surface area contributed by atoms with E-state index in [-0.39, 0.29) is 11.0 Å². The van der Waals surface area contributed by atoms with Gasteiger partial charge in [-0.15, -0.1) is 0 Å². The molecule has 34 heavy (non-hydrogen) atoms. The van der Waals surface area contributed by atoms with Gasteiger partial charge in [-0.2, -0.15) is 0 Å². The second-order valence-electron chi connectivity index (χ2n) is 7.72. The first-order valence-electron chi connectivity index (χ1n) is 11.4. The highest BCUT2D eigenvalue weighted by Gasteiger charge is 2.15. The molecule has 0 aliphatic rings. The number of amides is 1. The topological polar surface area (TPSA) is 59.6 Å². The number of hydrogen-bond donors (Lipinski definition) is 2. The highest BCUT2D eigenvalue weighted by molar-refractivity contribution is 9.10. The Morgan fingerprint density at radius 1 is 0.941 bits per heavy atom. The molecule has 3 aromatic rings. The zero-order valence-corrected chi connectivity index (χ0v) is 21.6. The molecule has 0 radical (unpaired) electrons. The molecule has 0 saturated carbocycles. The Balaban J connectivity index is 1.52. The Bertz CT molecular complexity index is 1090. The van der Waals surface area contributed by atoms with Crippen LogP contribution in [0.2, 0.25) is 0 Å². The first kappa shape index (κ1) is 25.7. The van der Waals surface area contributed by atoms with E-state index in [4.69, 9.17) is 21.7 Å². The smallest absolute Gasteiger partial charge is 0.261 e. The van der Waals surface area contributed by atoms with Gasteiger partial charge in [0.1, 0.15) is 11.5 Å². The summed E-state index contributed by atoms with van der Waals surface area (Å²) >= 11 is 8.78. The third-order valence-corrected chi connectivity index (χ3v) is 5.68. The van der Waals surface area contributed by atoms with Gasteiger partial charge in [-0.05, 0) is 67.4 Å². The quantitative estimate of drug-likeness (QED) is 0.207. The Morgan fingerprint density at radius 2 is 1.74 bits per heavy atom. The van der Waals surface area contributed by atoms with Crippen molar-refractivity contribution in [3.8, 4) is 11.5 Å². The Labute approximate surface area is 215 Å². The minimum Gasteiger partial charge on any atom is -0.494 e. The fourth-order valence-corrected chi connectivity index (χ4v) is 3.81. The summed E-state index contributed by atoms with van der Waals surface area (Å²) in [7, 11) is 0. The molecule has 2 N–H and O–H groups in total. The molecule has 5 nitrogen and oxygen atoms in total. The van der Waals surface area contributed by atoms with Crippen LogP contribution in [0.1, 0.15) is 42.1 Å². The second kappa shape index (κ2) is 13.7. The van der Waals surface area contributed by atoms with Gasteiger partial charge in [0.2, 0.25) is 0 Å². The van der Waals surface area contributed by atoms with E-state index in [2.05, 4.69) is 45.6 Å². The number of nitrogens with one attached hydrogen (secondary N) is 2. The molecule has 0 spiro atoms. The molecular formula is C27H29BrN2O3S. The maximum atomic E-state index is 12.8. The molecular weight excluding hydrogens is 512 g/mol. The maximum absolute atomic E-state index is 12.8. The van der Waals surface area contributed by atoms with Crippen LogP contribution in [-0.4, -0.2) is 24.2 Å². The number of aryl methyl sites for hydroxylation is 1. The number of unbranched alkanes of at least 4 members (excludes halogenated alkanes) is 1. The molecule has 0 atom stereocenters. The fourth-order valence-electron chi connectivity index (χ4n) is 3.24. The highest BCUT2D eigenvalue weighted by atomic mass is 79.9. The number of thiocarbonyl (C=S) groups is 1. The van der Waals surface area contributed by atoms with Crippen molar-refractivity contribution in [2.45, 2.75) is 32.6 Å². The number of rotatable bonds is 11. The van der Waals surface area contributed by atoms with Crippen LogP contribution in [0, 0.1) is 0 Å². The average molecular weight is 542 g/mol. The summed E-state index contributed by atoms with van der Waals surface area (Å²) in [5.41, 5.74) is 2.46. The summed E-state index contributed by atoms with van der Waals surface area (Å²) < 4.78 is 12.5. The minimum atomic E-state index is -0.335. The number of ether oxygens (including phenoxy) is 2. The van der Waals surface area contributed by atoms with E-state index < -0.39 is 0 Å². The predicted molar refractivity (Wildman–Crippen MR) is 145 cm³/mol. The maximum Gasteiger partial charge on any atom is 0.261 e. The van der Waals surface area contributed by atoms with Gasteiger partial charge in [0.05, 0.1) is 18.8 Å². The van der Waals surface area contributed by atoms with Gasteiger partial charge in [-0.3, -0.25) is 10.1 Å². The van der Waals surface area contributed by atoms with E-state index in [1.54, 1.807) is 12.1 Å². The highest BCUT2D eigenvalue weighted by Crippen LogP contribution is 2.24. The summed E-state index contributed by atoms with van der Waals surface area (Å²) in [5, 5.41) is 5.98. The van der Waals surface area contributed by atoms with Crippen LogP contribution in [0.5, 0.6) is 11.5 Å². The Hall–Kier alpha value is -2.90. The van der Waals surface area contributed by atoms with E-state index in [0.29, 0.717) is 24.5 Å². The van der Waals surface area contributed by atoms with E-state index in [0.717, 1.165) is 41.6 Å². The summed E-state index contributed by atoms with van der Waals surface area (Å²) in [6.07, 6.45) is 3.82. The summed E-state index contributed by atoms with van der Waals surface area (Å²) in [5.74, 6) is 0.937. The average Bonchev–Trinajstić information content (AvgIpc) is 2.83. The number of halogens is 1. The lowest BCUT2D eigenvalue weighted by atomic mass is 10.1.